The minimum absolute atomic E-state index is 0.0234. The van der Waals surface area contributed by atoms with Crippen molar-refractivity contribution in [3.8, 4) is 0 Å². The fraction of sp³-hybridized carbons (Fsp3) is 0.636. The molecule has 0 saturated carbocycles. The van der Waals surface area contributed by atoms with Crippen LogP contribution >= 0.6 is 11.8 Å². The zero-order valence-electron chi connectivity index (χ0n) is 9.86. The monoisotopic (exact) mass is 255 g/mol. The summed E-state index contributed by atoms with van der Waals surface area (Å²) in [5.74, 6) is 0.882. The molecule has 1 saturated heterocycles. The number of carbonyl (C=O) groups is 1. The van der Waals surface area contributed by atoms with Crippen molar-refractivity contribution in [2.45, 2.75) is 25.0 Å². The molecule has 0 unspecified atom stereocenters. The first-order valence-corrected chi connectivity index (χ1v) is 6.84. The third kappa shape index (κ3) is 4.05. The van der Waals surface area contributed by atoms with Gasteiger partial charge in [-0.15, -0.1) is 11.8 Å². The van der Waals surface area contributed by atoms with Crippen LogP contribution < -0.4 is 10.6 Å². The molecule has 0 bridgehead atoms. The van der Waals surface area contributed by atoms with E-state index < -0.39 is 0 Å². The fourth-order valence-electron chi connectivity index (χ4n) is 1.75. The lowest BCUT2D eigenvalue weighted by Gasteiger charge is -2.21. The van der Waals surface area contributed by atoms with Gasteiger partial charge in [0.05, 0.1) is 11.4 Å². The number of hydrogen-bond donors (Lipinski definition) is 2. The number of anilines is 1. The summed E-state index contributed by atoms with van der Waals surface area (Å²) in [5.41, 5.74) is 0.770. The Morgan fingerprint density at radius 3 is 3.06 bits per heavy atom. The number of nitrogens with zero attached hydrogens (tertiary/aromatic N) is 1. The number of aromatic nitrogens is 1. The standard InChI is InChI=1S/C11H17N3O2S/c1-8-6-11(16-14-8)13-10(15)7-17-9-2-4-12-5-3-9/h6,9,12H,2-5,7H2,1H3,(H,13,15). The quantitative estimate of drug-likeness (QED) is 0.851. The highest BCUT2D eigenvalue weighted by Crippen LogP contribution is 2.20. The molecule has 2 N–H and O–H groups in total. The molecule has 6 heteroatoms. The number of hydrogen-bond acceptors (Lipinski definition) is 5. The maximum absolute atomic E-state index is 11.6. The Balaban J connectivity index is 1.70. The van der Waals surface area contributed by atoms with Gasteiger partial charge < -0.3 is 9.84 Å². The predicted octanol–water partition coefficient (Wildman–Crippen LogP) is 1.41. The fourth-order valence-corrected chi connectivity index (χ4v) is 2.78. The first-order chi connectivity index (χ1) is 8.24. The molecule has 0 aromatic carbocycles. The van der Waals surface area contributed by atoms with Crippen LogP contribution in [-0.4, -0.2) is 35.2 Å². The SMILES string of the molecule is Cc1cc(NC(=O)CSC2CCNCC2)on1. The first kappa shape index (κ1) is 12.4. The van der Waals surface area contributed by atoms with Gasteiger partial charge in [0.25, 0.3) is 0 Å². The van der Waals surface area contributed by atoms with Crippen LogP contribution in [0.4, 0.5) is 5.88 Å². The van der Waals surface area contributed by atoms with Crippen molar-refractivity contribution in [2.24, 2.45) is 0 Å². The van der Waals surface area contributed by atoms with E-state index in [9.17, 15) is 4.79 Å². The second-order valence-corrected chi connectivity index (χ2v) is 5.43. The third-order valence-corrected chi connectivity index (χ3v) is 4.00. The molecule has 1 aromatic heterocycles. The van der Waals surface area contributed by atoms with Crippen molar-refractivity contribution in [2.75, 3.05) is 24.2 Å². The Morgan fingerprint density at radius 2 is 2.41 bits per heavy atom. The Labute approximate surface area is 105 Å². The first-order valence-electron chi connectivity index (χ1n) is 5.79. The van der Waals surface area contributed by atoms with Crippen molar-refractivity contribution >= 4 is 23.6 Å². The number of rotatable bonds is 4. The van der Waals surface area contributed by atoms with Crippen LogP contribution in [0.25, 0.3) is 0 Å². The number of carbonyl (C=O) groups excluding carboxylic acids is 1. The van der Waals surface area contributed by atoms with Crippen molar-refractivity contribution in [1.29, 1.82) is 0 Å². The lowest BCUT2D eigenvalue weighted by Crippen LogP contribution is -2.30. The molecule has 0 atom stereocenters. The second-order valence-electron chi connectivity index (χ2n) is 4.14. The highest BCUT2D eigenvalue weighted by Gasteiger charge is 2.15. The summed E-state index contributed by atoms with van der Waals surface area (Å²) in [6.45, 7) is 3.93. The molecule has 17 heavy (non-hydrogen) atoms. The number of amides is 1. The zero-order chi connectivity index (χ0) is 12.1. The Hall–Kier alpha value is -1.01. The molecule has 1 aliphatic heterocycles. The van der Waals surface area contributed by atoms with E-state index >= 15 is 0 Å². The smallest absolute Gasteiger partial charge is 0.236 e. The number of thioether (sulfide) groups is 1. The number of piperidine rings is 1. The average Bonchev–Trinajstić information content (AvgIpc) is 2.73. The largest absolute Gasteiger partial charge is 0.338 e. The van der Waals surface area contributed by atoms with Gasteiger partial charge in [-0.2, -0.15) is 0 Å². The molecule has 5 nitrogen and oxygen atoms in total. The Kier molecular flexibility index (Phi) is 4.44. The van der Waals surface area contributed by atoms with Crippen LogP contribution in [0.5, 0.6) is 0 Å². The minimum atomic E-state index is -0.0234. The normalized spacial score (nSPS) is 17.0. The molecule has 1 amide bonds. The van der Waals surface area contributed by atoms with Crippen molar-refractivity contribution in [1.82, 2.24) is 10.5 Å². The Morgan fingerprint density at radius 1 is 1.65 bits per heavy atom. The summed E-state index contributed by atoms with van der Waals surface area (Å²) in [5, 5.41) is 10.3. The summed E-state index contributed by atoms with van der Waals surface area (Å²) in [6, 6.07) is 1.72. The van der Waals surface area contributed by atoms with E-state index in [0.29, 0.717) is 16.9 Å². The molecule has 0 aliphatic carbocycles. The van der Waals surface area contributed by atoms with Gasteiger partial charge in [0.15, 0.2) is 0 Å². The Bertz CT molecular complexity index is 375. The average molecular weight is 255 g/mol. The summed E-state index contributed by atoms with van der Waals surface area (Å²) < 4.78 is 4.93. The molecular weight excluding hydrogens is 238 g/mol. The van der Waals surface area contributed by atoms with Gasteiger partial charge in [-0.3, -0.25) is 10.1 Å². The number of nitrogens with one attached hydrogen (secondary N) is 2. The van der Waals surface area contributed by atoms with Crippen LogP contribution in [0.1, 0.15) is 18.5 Å². The van der Waals surface area contributed by atoms with Gasteiger partial charge in [0.2, 0.25) is 11.8 Å². The van der Waals surface area contributed by atoms with E-state index in [1.165, 1.54) is 0 Å². The molecular formula is C11H17N3O2S. The number of aryl methyl sites for hydroxylation is 1. The van der Waals surface area contributed by atoms with Gasteiger partial charge in [0.1, 0.15) is 0 Å². The molecule has 0 radical (unpaired) electrons. The van der Waals surface area contributed by atoms with E-state index in [2.05, 4.69) is 15.8 Å². The van der Waals surface area contributed by atoms with Gasteiger partial charge in [-0.05, 0) is 32.9 Å². The van der Waals surface area contributed by atoms with Gasteiger partial charge >= 0.3 is 0 Å². The minimum Gasteiger partial charge on any atom is -0.338 e. The van der Waals surface area contributed by atoms with Crippen molar-refractivity contribution < 1.29 is 9.32 Å². The zero-order valence-corrected chi connectivity index (χ0v) is 10.7. The van der Waals surface area contributed by atoms with Crippen LogP contribution in [0.2, 0.25) is 0 Å². The molecule has 94 valence electrons. The summed E-state index contributed by atoms with van der Waals surface area (Å²) in [4.78, 5) is 11.6. The topological polar surface area (TPSA) is 67.2 Å². The van der Waals surface area contributed by atoms with Crippen LogP contribution in [-0.2, 0) is 4.79 Å². The summed E-state index contributed by atoms with van der Waals surface area (Å²) >= 11 is 1.72. The second kappa shape index (κ2) is 6.07. The van der Waals surface area contributed by atoms with Crippen LogP contribution in [0.15, 0.2) is 10.6 Å². The lowest BCUT2D eigenvalue weighted by atomic mass is 10.2. The maximum atomic E-state index is 11.6. The van der Waals surface area contributed by atoms with E-state index in [4.69, 9.17) is 4.52 Å². The lowest BCUT2D eigenvalue weighted by molar-refractivity contribution is -0.113. The van der Waals surface area contributed by atoms with Gasteiger partial charge in [-0.25, -0.2) is 0 Å². The third-order valence-electron chi connectivity index (χ3n) is 2.63. The molecule has 1 aromatic rings. The summed E-state index contributed by atoms with van der Waals surface area (Å²) in [6.07, 6.45) is 2.28. The van der Waals surface area contributed by atoms with E-state index in [1.807, 2.05) is 6.92 Å². The summed E-state index contributed by atoms with van der Waals surface area (Å²) in [7, 11) is 0. The van der Waals surface area contributed by atoms with E-state index in [0.717, 1.165) is 31.6 Å². The molecule has 2 rings (SSSR count). The van der Waals surface area contributed by atoms with Gasteiger partial charge in [0, 0.05) is 11.3 Å². The molecule has 0 spiro atoms. The van der Waals surface area contributed by atoms with Gasteiger partial charge in [-0.1, -0.05) is 5.16 Å². The predicted molar refractivity (Wildman–Crippen MR) is 68.2 cm³/mol. The van der Waals surface area contributed by atoms with Crippen LogP contribution in [0, 0.1) is 6.92 Å². The molecule has 1 fully saturated rings. The van der Waals surface area contributed by atoms with Crippen molar-refractivity contribution in [3.63, 3.8) is 0 Å². The van der Waals surface area contributed by atoms with Crippen molar-refractivity contribution in [3.05, 3.63) is 11.8 Å². The van der Waals surface area contributed by atoms with Crippen LogP contribution in [0.3, 0.4) is 0 Å². The molecule has 2 heterocycles. The van der Waals surface area contributed by atoms with E-state index in [1.54, 1.807) is 17.8 Å². The highest BCUT2D eigenvalue weighted by atomic mass is 32.2. The van der Waals surface area contributed by atoms with E-state index in [-0.39, 0.29) is 5.91 Å². The maximum Gasteiger partial charge on any atom is 0.236 e. The molecule has 1 aliphatic rings. The highest BCUT2D eigenvalue weighted by molar-refractivity contribution is 8.00.